The summed E-state index contributed by atoms with van der Waals surface area (Å²) >= 11 is 0. The SMILES string of the molecule is Cc1c(CN2CCN(Cc3ccc(F)cc3)[C@@H](CCO)C2)cnn1C. The topological polar surface area (TPSA) is 44.5 Å². The number of aromatic nitrogens is 2. The van der Waals surface area contributed by atoms with Crippen molar-refractivity contribution in [3.05, 3.63) is 53.1 Å². The molecule has 136 valence electrons. The summed E-state index contributed by atoms with van der Waals surface area (Å²) < 4.78 is 15.0. The second-order valence-electron chi connectivity index (χ2n) is 6.88. The largest absolute Gasteiger partial charge is 0.396 e. The third-order valence-corrected chi connectivity index (χ3v) is 5.18. The quantitative estimate of drug-likeness (QED) is 0.868. The predicted octanol–water partition coefficient (Wildman–Crippen LogP) is 1.94. The molecule has 6 heteroatoms. The van der Waals surface area contributed by atoms with Gasteiger partial charge in [0, 0.05) is 63.7 Å². The summed E-state index contributed by atoms with van der Waals surface area (Å²) in [7, 11) is 1.97. The number of aliphatic hydroxyl groups excluding tert-OH is 1. The van der Waals surface area contributed by atoms with Crippen LogP contribution < -0.4 is 0 Å². The van der Waals surface area contributed by atoms with Crippen molar-refractivity contribution in [2.24, 2.45) is 7.05 Å². The van der Waals surface area contributed by atoms with Crippen LogP contribution in [-0.2, 0) is 20.1 Å². The van der Waals surface area contributed by atoms with Crippen LogP contribution in [0.5, 0.6) is 0 Å². The van der Waals surface area contributed by atoms with Gasteiger partial charge in [-0.05, 0) is 31.0 Å². The van der Waals surface area contributed by atoms with E-state index >= 15 is 0 Å². The molecule has 3 rings (SSSR count). The molecule has 0 amide bonds. The van der Waals surface area contributed by atoms with E-state index in [1.807, 2.05) is 30.1 Å². The smallest absolute Gasteiger partial charge is 0.123 e. The van der Waals surface area contributed by atoms with Crippen LogP contribution in [0.2, 0.25) is 0 Å². The molecular weight excluding hydrogens is 319 g/mol. The lowest BCUT2D eigenvalue weighted by molar-refractivity contribution is 0.0499. The number of piperazine rings is 1. The van der Waals surface area contributed by atoms with E-state index in [-0.39, 0.29) is 12.4 Å². The molecule has 0 saturated carbocycles. The summed E-state index contributed by atoms with van der Waals surface area (Å²) in [5, 5.41) is 13.8. The lowest BCUT2D eigenvalue weighted by Crippen LogP contribution is -2.52. The minimum Gasteiger partial charge on any atom is -0.396 e. The molecule has 0 unspecified atom stereocenters. The van der Waals surface area contributed by atoms with Gasteiger partial charge in [0.05, 0.1) is 6.20 Å². The molecule has 2 heterocycles. The van der Waals surface area contributed by atoms with E-state index in [4.69, 9.17) is 0 Å². The summed E-state index contributed by atoms with van der Waals surface area (Å²) in [6, 6.07) is 7.02. The Labute approximate surface area is 148 Å². The molecule has 25 heavy (non-hydrogen) atoms. The maximum absolute atomic E-state index is 13.1. The molecule has 1 atom stereocenters. The van der Waals surface area contributed by atoms with E-state index in [0.717, 1.165) is 44.7 Å². The third-order valence-electron chi connectivity index (χ3n) is 5.18. The van der Waals surface area contributed by atoms with Gasteiger partial charge in [0.2, 0.25) is 0 Å². The van der Waals surface area contributed by atoms with E-state index in [1.165, 1.54) is 23.4 Å². The molecule has 0 bridgehead atoms. The Balaban J connectivity index is 1.63. The highest BCUT2D eigenvalue weighted by molar-refractivity contribution is 5.17. The van der Waals surface area contributed by atoms with Crippen molar-refractivity contribution < 1.29 is 9.50 Å². The zero-order valence-corrected chi connectivity index (χ0v) is 15.0. The summed E-state index contributed by atoms with van der Waals surface area (Å²) in [6.45, 7) is 6.83. The van der Waals surface area contributed by atoms with Crippen molar-refractivity contribution in [2.75, 3.05) is 26.2 Å². The monoisotopic (exact) mass is 346 g/mol. The van der Waals surface area contributed by atoms with E-state index in [2.05, 4.69) is 21.8 Å². The number of rotatable bonds is 6. The van der Waals surface area contributed by atoms with Gasteiger partial charge in [0.25, 0.3) is 0 Å². The number of hydrogen-bond donors (Lipinski definition) is 1. The average Bonchev–Trinajstić information content (AvgIpc) is 2.91. The van der Waals surface area contributed by atoms with Crippen molar-refractivity contribution in [2.45, 2.75) is 32.5 Å². The van der Waals surface area contributed by atoms with Gasteiger partial charge in [0.1, 0.15) is 5.82 Å². The van der Waals surface area contributed by atoms with Crippen LogP contribution in [0, 0.1) is 12.7 Å². The lowest BCUT2D eigenvalue weighted by atomic mass is 10.1. The van der Waals surface area contributed by atoms with E-state index < -0.39 is 0 Å². The van der Waals surface area contributed by atoms with Crippen molar-refractivity contribution in [1.82, 2.24) is 19.6 Å². The van der Waals surface area contributed by atoms with Crippen LogP contribution in [0.15, 0.2) is 30.5 Å². The highest BCUT2D eigenvalue weighted by Crippen LogP contribution is 2.19. The Bertz CT molecular complexity index is 685. The molecule has 0 radical (unpaired) electrons. The standard InChI is InChI=1S/C19H27FN4O/c1-15-17(11-21-22(15)2)13-23-8-9-24(19(14-23)7-10-25)12-16-3-5-18(20)6-4-16/h3-6,11,19,25H,7-10,12-14H2,1-2H3/t19-/m0/s1. The maximum atomic E-state index is 13.1. The predicted molar refractivity (Wildman–Crippen MR) is 95.5 cm³/mol. The van der Waals surface area contributed by atoms with E-state index in [0.29, 0.717) is 6.04 Å². The molecular formula is C19H27FN4O. The normalized spacial score (nSPS) is 19.4. The van der Waals surface area contributed by atoms with Gasteiger partial charge >= 0.3 is 0 Å². The molecule has 5 nitrogen and oxygen atoms in total. The van der Waals surface area contributed by atoms with E-state index in [1.54, 1.807) is 0 Å². The minimum absolute atomic E-state index is 0.185. The van der Waals surface area contributed by atoms with Crippen LogP contribution in [0.1, 0.15) is 23.2 Å². The highest BCUT2D eigenvalue weighted by Gasteiger charge is 2.27. The van der Waals surface area contributed by atoms with Gasteiger partial charge in [-0.25, -0.2) is 4.39 Å². The fourth-order valence-electron chi connectivity index (χ4n) is 3.50. The zero-order valence-electron chi connectivity index (χ0n) is 15.0. The van der Waals surface area contributed by atoms with Crippen LogP contribution in [-0.4, -0.2) is 57.0 Å². The van der Waals surface area contributed by atoms with Crippen LogP contribution >= 0.6 is 0 Å². The molecule has 1 saturated heterocycles. The number of halogens is 1. The fourth-order valence-corrected chi connectivity index (χ4v) is 3.50. The molecule has 0 spiro atoms. The molecule has 1 aromatic carbocycles. The Kier molecular flexibility index (Phi) is 5.83. The van der Waals surface area contributed by atoms with Gasteiger partial charge in [-0.2, -0.15) is 5.10 Å². The zero-order chi connectivity index (χ0) is 17.8. The molecule has 1 fully saturated rings. The van der Waals surface area contributed by atoms with Gasteiger partial charge in [0.15, 0.2) is 0 Å². The van der Waals surface area contributed by atoms with Gasteiger partial charge in [-0.15, -0.1) is 0 Å². The van der Waals surface area contributed by atoms with Crippen LogP contribution in [0.4, 0.5) is 4.39 Å². The second kappa shape index (κ2) is 8.08. The first-order valence-corrected chi connectivity index (χ1v) is 8.86. The molecule has 1 aliphatic heterocycles. The molecule has 2 aromatic rings. The summed E-state index contributed by atoms with van der Waals surface area (Å²) in [6.07, 6.45) is 2.70. The summed E-state index contributed by atoms with van der Waals surface area (Å²) in [5.74, 6) is -0.202. The number of nitrogens with zero attached hydrogens (tertiary/aromatic N) is 4. The Morgan fingerprint density at radius 3 is 2.60 bits per heavy atom. The number of aliphatic hydroxyl groups is 1. The van der Waals surface area contributed by atoms with Crippen molar-refractivity contribution in [3.8, 4) is 0 Å². The van der Waals surface area contributed by atoms with Crippen molar-refractivity contribution in [1.29, 1.82) is 0 Å². The number of hydrogen-bond acceptors (Lipinski definition) is 4. The molecule has 1 aromatic heterocycles. The minimum atomic E-state index is -0.202. The van der Waals surface area contributed by atoms with Crippen LogP contribution in [0.3, 0.4) is 0 Å². The van der Waals surface area contributed by atoms with Crippen molar-refractivity contribution in [3.63, 3.8) is 0 Å². The molecule has 0 aliphatic carbocycles. The van der Waals surface area contributed by atoms with E-state index in [9.17, 15) is 9.50 Å². The average molecular weight is 346 g/mol. The Hall–Kier alpha value is -1.76. The van der Waals surface area contributed by atoms with Crippen molar-refractivity contribution >= 4 is 0 Å². The number of aryl methyl sites for hydroxylation is 1. The third kappa shape index (κ3) is 4.45. The maximum Gasteiger partial charge on any atom is 0.123 e. The summed E-state index contributed by atoms with van der Waals surface area (Å²) in [4.78, 5) is 4.83. The number of benzene rings is 1. The van der Waals surface area contributed by atoms with Gasteiger partial charge < -0.3 is 5.11 Å². The Morgan fingerprint density at radius 2 is 1.96 bits per heavy atom. The first kappa shape index (κ1) is 18.0. The second-order valence-corrected chi connectivity index (χ2v) is 6.88. The van der Waals surface area contributed by atoms with Gasteiger partial charge in [-0.3, -0.25) is 14.5 Å². The summed E-state index contributed by atoms with van der Waals surface area (Å²) in [5.41, 5.74) is 3.57. The van der Waals surface area contributed by atoms with Gasteiger partial charge in [-0.1, -0.05) is 12.1 Å². The van der Waals surface area contributed by atoms with Crippen LogP contribution in [0.25, 0.3) is 0 Å². The Morgan fingerprint density at radius 1 is 1.20 bits per heavy atom. The first-order valence-electron chi connectivity index (χ1n) is 8.86. The first-order chi connectivity index (χ1) is 12.1. The fraction of sp³-hybridized carbons (Fsp3) is 0.526. The lowest BCUT2D eigenvalue weighted by Gasteiger charge is -2.41. The highest BCUT2D eigenvalue weighted by atomic mass is 19.1. The molecule has 1 N–H and O–H groups in total. The molecule has 1 aliphatic rings.